The highest BCUT2D eigenvalue weighted by Gasteiger charge is 2.42. The van der Waals surface area contributed by atoms with Gasteiger partial charge in [-0.15, -0.1) is 10.2 Å². The molecule has 0 bridgehead atoms. The molecule has 41 heavy (non-hydrogen) atoms. The average molecular weight is 560 g/mol. The van der Waals surface area contributed by atoms with Crippen LogP contribution in [0.3, 0.4) is 0 Å². The minimum Gasteiger partial charge on any atom is -0.493 e. The quantitative estimate of drug-likeness (QED) is 0.318. The summed E-state index contributed by atoms with van der Waals surface area (Å²) in [5.74, 6) is 0.813. The Bertz CT molecular complexity index is 1590. The van der Waals surface area contributed by atoms with E-state index in [-0.39, 0.29) is 31.0 Å². The molecule has 11 heteroatoms. The number of fused-ring (bicyclic) bond motifs is 1. The van der Waals surface area contributed by atoms with Crippen molar-refractivity contribution in [2.24, 2.45) is 0 Å². The van der Waals surface area contributed by atoms with Crippen LogP contribution in [-0.4, -0.2) is 57.1 Å². The molecule has 0 radical (unpaired) electrons. The standard InChI is InChI=1S/C30H30FN5O5/c1-29(36-16-33-34-17-36)15-40-27-22(29)13-25(35-26(27)18-4-7-20(31)8-5-18)30(2,38)14-32-28(37)19-6-11-23(24(12-19)39-3)41-21-9-10-21/h4-8,11-13,16-17,21,38H,9-10,14-15H2,1-3H3,(H,32,37)/t29-,30?/m0/s1. The highest BCUT2D eigenvalue weighted by molar-refractivity contribution is 5.95. The zero-order chi connectivity index (χ0) is 28.8. The predicted molar refractivity (Wildman–Crippen MR) is 146 cm³/mol. The van der Waals surface area contributed by atoms with Crippen LogP contribution in [0, 0.1) is 5.82 Å². The molecule has 1 unspecified atom stereocenters. The maximum atomic E-state index is 13.7. The molecule has 10 nitrogen and oxygen atoms in total. The van der Waals surface area contributed by atoms with Gasteiger partial charge in [-0.25, -0.2) is 9.37 Å². The summed E-state index contributed by atoms with van der Waals surface area (Å²) < 4.78 is 33.0. The first kappa shape index (κ1) is 26.7. The van der Waals surface area contributed by atoms with Crippen LogP contribution in [0.4, 0.5) is 4.39 Å². The Morgan fingerprint density at radius 3 is 2.59 bits per heavy atom. The summed E-state index contributed by atoms with van der Waals surface area (Å²) in [5.41, 5.74) is 0.245. The molecule has 1 amide bonds. The number of methoxy groups -OCH3 is 1. The summed E-state index contributed by atoms with van der Waals surface area (Å²) in [6.07, 6.45) is 5.40. The van der Waals surface area contributed by atoms with Gasteiger partial charge in [0.05, 0.1) is 25.5 Å². The molecule has 1 fully saturated rings. The van der Waals surface area contributed by atoms with Crippen LogP contribution in [0.15, 0.2) is 61.2 Å². The Balaban J connectivity index is 1.31. The lowest BCUT2D eigenvalue weighted by atomic mass is 9.89. The normalized spacial score (nSPS) is 19.1. The third kappa shape index (κ3) is 5.08. The SMILES string of the molecule is COc1cc(C(=O)NCC(C)(O)c2cc3c(c(-c4ccc(F)cc4)n2)OC[C@]3(C)n2cnnc2)ccc1OC1CC1. The van der Waals surface area contributed by atoms with Gasteiger partial charge >= 0.3 is 0 Å². The minimum atomic E-state index is -1.57. The fraction of sp³-hybridized carbons (Fsp3) is 0.333. The van der Waals surface area contributed by atoms with E-state index >= 15 is 0 Å². The second kappa shape index (κ2) is 10.2. The van der Waals surface area contributed by atoms with Gasteiger partial charge in [-0.2, -0.15) is 0 Å². The summed E-state index contributed by atoms with van der Waals surface area (Å²) in [6.45, 7) is 3.70. The van der Waals surface area contributed by atoms with E-state index in [9.17, 15) is 14.3 Å². The van der Waals surface area contributed by atoms with E-state index in [0.29, 0.717) is 39.8 Å². The number of carbonyl (C=O) groups is 1. The number of hydrogen-bond donors (Lipinski definition) is 2. The van der Waals surface area contributed by atoms with Crippen molar-refractivity contribution in [3.05, 3.63) is 83.8 Å². The number of hydrogen-bond acceptors (Lipinski definition) is 8. The molecule has 4 aromatic rings. The highest BCUT2D eigenvalue weighted by atomic mass is 19.1. The third-order valence-corrected chi connectivity index (χ3v) is 7.55. The second-order valence-electron chi connectivity index (χ2n) is 10.8. The van der Waals surface area contributed by atoms with Gasteiger partial charge < -0.3 is 29.2 Å². The first-order valence-corrected chi connectivity index (χ1v) is 13.3. The lowest BCUT2D eigenvalue weighted by Crippen LogP contribution is -2.39. The van der Waals surface area contributed by atoms with E-state index in [1.165, 1.54) is 19.2 Å². The predicted octanol–water partition coefficient (Wildman–Crippen LogP) is 3.82. The van der Waals surface area contributed by atoms with Crippen LogP contribution >= 0.6 is 0 Å². The molecular weight excluding hydrogens is 529 g/mol. The number of carbonyl (C=O) groups excluding carboxylic acids is 1. The average Bonchev–Trinajstić information content (AvgIpc) is 3.47. The van der Waals surface area contributed by atoms with Gasteiger partial charge in [-0.1, -0.05) is 0 Å². The van der Waals surface area contributed by atoms with Gasteiger partial charge in [0.25, 0.3) is 5.91 Å². The van der Waals surface area contributed by atoms with Crippen molar-refractivity contribution in [3.63, 3.8) is 0 Å². The number of benzene rings is 2. The van der Waals surface area contributed by atoms with E-state index in [1.807, 2.05) is 11.5 Å². The third-order valence-electron chi connectivity index (χ3n) is 7.55. The van der Waals surface area contributed by atoms with Gasteiger partial charge in [0.15, 0.2) is 17.2 Å². The fourth-order valence-corrected chi connectivity index (χ4v) is 4.84. The molecule has 212 valence electrons. The molecule has 0 spiro atoms. The van der Waals surface area contributed by atoms with Crippen molar-refractivity contribution in [1.82, 2.24) is 25.1 Å². The number of aromatic nitrogens is 4. The zero-order valence-corrected chi connectivity index (χ0v) is 22.9. The Hall–Kier alpha value is -4.51. The summed E-state index contributed by atoms with van der Waals surface area (Å²) >= 11 is 0. The highest BCUT2D eigenvalue weighted by Crippen LogP contribution is 2.46. The maximum Gasteiger partial charge on any atom is 0.251 e. The molecule has 2 aliphatic rings. The molecule has 2 atom stereocenters. The second-order valence-corrected chi connectivity index (χ2v) is 10.8. The number of halogens is 1. The molecule has 1 aliphatic carbocycles. The Morgan fingerprint density at radius 2 is 1.90 bits per heavy atom. The van der Waals surface area contributed by atoms with Crippen LogP contribution in [-0.2, 0) is 11.1 Å². The largest absolute Gasteiger partial charge is 0.493 e. The molecular formula is C30H30FN5O5. The number of amides is 1. The van der Waals surface area contributed by atoms with Gasteiger partial charge in [-0.05, 0) is 75.2 Å². The molecule has 3 heterocycles. The van der Waals surface area contributed by atoms with Crippen molar-refractivity contribution in [2.75, 3.05) is 20.3 Å². The van der Waals surface area contributed by atoms with Gasteiger partial charge in [0.1, 0.15) is 41.9 Å². The van der Waals surface area contributed by atoms with E-state index in [0.717, 1.165) is 18.4 Å². The number of ether oxygens (including phenoxy) is 3. The fourth-order valence-electron chi connectivity index (χ4n) is 4.84. The Morgan fingerprint density at radius 1 is 1.17 bits per heavy atom. The number of nitrogens with one attached hydrogen (secondary N) is 1. The van der Waals surface area contributed by atoms with Gasteiger partial charge in [-0.3, -0.25) is 4.79 Å². The van der Waals surface area contributed by atoms with E-state index in [2.05, 4.69) is 15.5 Å². The van der Waals surface area contributed by atoms with Crippen molar-refractivity contribution in [3.8, 4) is 28.5 Å². The minimum absolute atomic E-state index is 0.132. The van der Waals surface area contributed by atoms with E-state index in [1.54, 1.807) is 56.0 Å². The molecule has 2 aromatic heterocycles. The van der Waals surface area contributed by atoms with Crippen molar-refractivity contribution < 1.29 is 28.5 Å². The Kier molecular flexibility index (Phi) is 6.61. The molecule has 1 aliphatic heterocycles. The maximum absolute atomic E-state index is 13.7. The first-order chi connectivity index (χ1) is 19.7. The van der Waals surface area contributed by atoms with Crippen molar-refractivity contribution >= 4 is 5.91 Å². The topological polar surface area (TPSA) is 121 Å². The monoisotopic (exact) mass is 559 g/mol. The molecule has 0 saturated heterocycles. The number of nitrogens with zero attached hydrogens (tertiary/aromatic N) is 4. The summed E-state index contributed by atoms with van der Waals surface area (Å²) in [7, 11) is 1.52. The molecule has 1 saturated carbocycles. The first-order valence-electron chi connectivity index (χ1n) is 13.3. The lowest BCUT2D eigenvalue weighted by molar-refractivity contribution is 0.0489. The molecule has 6 rings (SSSR count). The van der Waals surface area contributed by atoms with Crippen LogP contribution in [0.1, 0.15) is 48.3 Å². The smallest absolute Gasteiger partial charge is 0.251 e. The van der Waals surface area contributed by atoms with Gasteiger partial charge in [0.2, 0.25) is 0 Å². The van der Waals surface area contributed by atoms with Crippen molar-refractivity contribution in [1.29, 1.82) is 0 Å². The van der Waals surface area contributed by atoms with Crippen LogP contribution < -0.4 is 19.5 Å². The van der Waals surface area contributed by atoms with Gasteiger partial charge in [0, 0.05) is 16.7 Å². The van der Waals surface area contributed by atoms with Crippen LogP contribution in [0.2, 0.25) is 0 Å². The lowest BCUT2D eigenvalue weighted by Gasteiger charge is -2.28. The Labute approximate surface area is 236 Å². The number of aliphatic hydroxyl groups is 1. The number of pyridine rings is 1. The molecule has 2 aromatic carbocycles. The van der Waals surface area contributed by atoms with E-state index < -0.39 is 11.1 Å². The van der Waals surface area contributed by atoms with E-state index in [4.69, 9.17) is 19.2 Å². The zero-order valence-electron chi connectivity index (χ0n) is 22.9. The van der Waals surface area contributed by atoms with Crippen LogP contribution in [0.5, 0.6) is 17.2 Å². The summed E-state index contributed by atoms with van der Waals surface area (Å²) in [6, 6.07) is 12.7. The van der Waals surface area contributed by atoms with Crippen molar-refractivity contribution in [2.45, 2.75) is 43.9 Å². The van der Waals surface area contributed by atoms with Crippen LogP contribution in [0.25, 0.3) is 11.3 Å². The summed E-state index contributed by atoms with van der Waals surface area (Å²) in [4.78, 5) is 17.9. The number of rotatable bonds is 9. The molecule has 2 N–H and O–H groups in total. The summed E-state index contributed by atoms with van der Waals surface area (Å²) in [5, 5.41) is 22.3.